The van der Waals surface area contributed by atoms with Crippen LogP contribution in [-0.2, 0) is 14.6 Å². The Bertz CT molecular complexity index is 995. The molecule has 1 aliphatic rings. The second-order valence-electron chi connectivity index (χ2n) is 7.72. The second kappa shape index (κ2) is 9.43. The lowest BCUT2D eigenvalue weighted by Gasteiger charge is -2.38. The molecular formula is C23H29N3O3S. The summed E-state index contributed by atoms with van der Waals surface area (Å²) in [6.45, 7) is 7.36. The molecule has 0 bridgehead atoms. The highest BCUT2D eigenvalue weighted by molar-refractivity contribution is 7.91. The predicted molar refractivity (Wildman–Crippen MR) is 120 cm³/mol. The fourth-order valence-corrected chi connectivity index (χ4v) is 5.00. The zero-order valence-corrected chi connectivity index (χ0v) is 18.4. The zero-order chi connectivity index (χ0) is 21.7. The van der Waals surface area contributed by atoms with E-state index in [1.54, 1.807) is 42.3 Å². The maximum Gasteiger partial charge on any atom is 0.223 e. The van der Waals surface area contributed by atoms with Gasteiger partial charge in [-0.05, 0) is 49.6 Å². The van der Waals surface area contributed by atoms with Gasteiger partial charge in [-0.25, -0.2) is 8.42 Å². The van der Waals surface area contributed by atoms with Gasteiger partial charge in [-0.15, -0.1) is 0 Å². The molecule has 3 rings (SSSR count). The maximum atomic E-state index is 12.6. The monoisotopic (exact) mass is 427 g/mol. The van der Waals surface area contributed by atoms with Crippen LogP contribution < -0.4 is 4.90 Å². The third-order valence-corrected chi connectivity index (χ3v) is 7.44. The third-order valence-electron chi connectivity index (χ3n) is 5.71. The van der Waals surface area contributed by atoms with E-state index >= 15 is 0 Å². The first-order valence-corrected chi connectivity index (χ1v) is 11.8. The van der Waals surface area contributed by atoms with Crippen molar-refractivity contribution in [2.45, 2.75) is 37.1 Å². The Labute approximate surface area is 179 Å². The molecule has 6 nitrogen and oxygen atoms in total. The Morgan fingerprint density at radius 2 is 1.90 bits per heavy atom. The summed E-state index contributed by atoms with van der Waals surface area (Å²) in [4.78, 5) is 21.2. The number of hydrogen-bond donors (Lipinski definition) is 0. The van der Waals surface area contributed by atoms with Gasteiger partial charge < -0.3 is 9.80 Å². The van der Waals surface area contributed by atoms with E-state index in [2.05, 4.69) is 22.5 Å². The minimum atomic E-state index is -3.49. The maximum absolute atomic E-state index is 12.6. The molecule has 0 spiro atoms. The summed E-state index contributed by atoms with van der Waals surface area (Å²) in [5, 5.41) is 0. The van der Waals surface area contributed by atoms with Crippen molar-refractivity contribution < 1.29 is 13.2 Å². The van der Waals surface area contributed by atoms with Crippen molar-refractivity contribution >= 4 is 27.5 Å². The number of amides is 1. The minimum absolute atomic E-state index is 0.00813. The molecule has 0 radical (unpaired) electrons. The van der Waals surface area contributed by atoms with Gasteiger partial charge in [0.2, 0.25) is 5.91 Å². The number of aryl methyl sites for hydroxylation is 1. The summed E-state index contributed by atoms with van der Waals surface area (Å²) in [7, 11) is -1.71. The molecular weight excluding hydrogens is 398 g/mol. The van der Waals surface area contributed by atoms with Crippen molar-refractivity contribution in [2.24, 2.45) is 0 Å². The summed E-state index contributed by atoms with van der Waals surface area (Å²) in [6.07, 6.45) is 5.19. The molecule has 2 heterocycles. The summed E-state index contributed by atoms with van der Waals surface area (Å²) < 4.78 is 25.1. The van der Waals surface area contributed by atoms with Crippen LogP contribution >= 0.6 is 0 Å². The van der Waals surface area contributed by atoms with Gasteiger partial charge in [0.1, 0.15) is 0 Å². The third kappa shape index (κ3) is 5.27. The topological polar surface area (TPSA) is 70.6 Å². The Kier molecular flexibility index (Phi) is 6.92. The van der Waals surface area contributed by atoms with Gasteiger partial charge in [0.05, 0.1) is 10.6 Å². The average Bonchev–Trinajstić information content (AvgIpc) is 2.77. The number of pyridine rings is 1. The Balaban J connectivity index is 1.52. The quantitative estimate of drug-likeness (QED) is 0.678. The Morgan fingerprint density at radius 3 is 2.50 bits per heavy atom. The lowest BCUT2D eigenvalue weighted by molar-refractivity contribution is -0.131. The average molecular weight is 428 g/mol. The first-order valence-electron chi connectivity index (χ1n) is 10.2. The SMILES string of the molecule is C=Cc1ccc(S(=O)(=O)CCC(=O)N(C)C2CCN(c3ccnc(C)c3)CC2)cc1. The normalized spacial score (nSPS) is 15.1. The molecule has 0 atom stereocenters. The van der Waals surface area contributed by atoms with E-state index in [0.29, 0.717) is 0 Å². The number of carbonyl (C=O) groups excluding carboxylic acids is 1. The van der Waals surface area contributed by atoms with Gasteiger partial charge in [0, 0.05) is 50.2 Å². The lowest BCUT2D eigenvalue weighted by atomic mass is 10.0. The fourth-order valence-electron chi connectivity index (χ4n) is 3.77. The summed E-state index contributed by atoms with van der Waals surface area (Å²) in [6, 6.07) is 10.8. The number of hydrogen-bond acceptors (Lipinski definition) is 5. The van der Waals surface area contributed by atoms with E-state index in [-0.39, 0.29) is 29.0 Å². The molecule has 0 N–H and O–H groups in total. The van der Waals surface area contributed by atoms with Crippen LogP contribution in [0, 0.1) is 6.92 Å². The van der Waals surface area contributed by atoms with E-state index in [0.717, 1.165) is 42.9 Å². The van der Waals surface area contributed by atoms with Crippen molar-refractivity contribution in [3.05, 3.63) is 60.4 Å². The number of carbonyl (C=O) groups is 1. The Hall–Kier alpha value is -2.67. The van der Waals surface area contributed by atoms with Crippen LogP contribution in [0.4, 0.5) is 5.69 Å². The number of rotatable bonds is 7. The molecule has 30 heavy (non-hydrogen) atoms. The van der Waals surface area contributed by atoms with E-state index < -0.39 is 9.84 Å². The summed E-state index contributed by atoms with van der Waals surface area (Å²) in [5.74, 6) is -0.307. The van der Waals surface area contributed by atoms with Gasteiger partial charge in [0.25, 0.3) is 0 Å². The van der Waals surface area contributed by atoms with E-state index in [1.807, 2.05) is 19.2 Å². The standard InChI is InChI=1S/C23H29N3O3S/c1-4-19-5-7-22(8-6-19)30(28,29)16-12-23(27)25(3)20-10-14-26(15-11-20)21-9-13-24-18(2)17-21/h4-9,13,17,20H,1,10-12,14-16H2,2-3H3. The van der Waals surface area contributed by atoms with Crippen LogP contribution in [0.15, 0.2) is 54.1 Å². The van der Waals surface area contributed by atoms with Crippen molar-refractivity contribution in [1.29, 1.82) is 0 Å². The predicted octanol–water partition coefficient (Wildman–Crippen LogP) is 3.32. The van der Waals surface area contributed by atoms with Crippen LogP contribution in [0.1, 0.15) is 30.5 Å². The van der Waals surface area contributed by atoms with Gasteiger partial charge in [0.15, 0.2) is 9.84 Å². The molecule has 0 unspecified atom stereocenters. The van der Waals surface area contributed by atoms with Crippen molar-refractivity contribution in [3.63, 3.8) is 0 Å². The molecule has 1 amide bonds. The highest BCUT2D eigenvalue weighted by Gasteiger charge is 2.26. The molecule has 1 aliphatic heterocycles. The van der Waals surface area contributed by atoms with Gasteiger partial charge in [-0.3, -0.25) is 9.78 Å². The van der Waals surface area contributed by atoms with Crippen molar-refractivity contribution in [2.75, 3.05) is 30.8 Å². The Morgan fingerprint density at radius 1 is 1.23 bits per heavy atom. The number of nitrogens with zero attached hydrogens (tertiary/aromatic N) is 3. The first kappa shape index (κ1) is 22.0. The van der Waals surface area contributed by atoms with Crippen LogP contribution in [0.5, 0.6) is 0 Å². The first-order chi connectivity index (χ1) is 14.3. The minimum Gasteiger partial charge on any atom is -0.371 e. The molecule has 7 heteroatoms. The molecule has 0 saturated carbocycles. The smallest absolute Gasteiger partial charge is 0.223 e. The lowest BCUT2D eigenvalue weighted by Crippen LogP contribution is -2.46. The fraction of sp³-hybridized carbons (Fsp3) is 0.391. The van der Waals surface area contributed by atoms with Crippen LogP contribution in [0.3, 0.4) is 0 Å². The highest BCUT2D eigenvalue weighted by Crippen LogP contribution is 2.23. The molecule has 1 saturated heterocycles. The summed E-state index contributed by atoms with van der Waals surface area (Å²) >= 11 is 0. The van der Waals surface area contributed by atoms with Gasteiger partial charge >= 0.3 is 0 Å². The molecule has 160 valence electrons. The second-order valence-corrected chi connectivity index (χ2v) is 9.83. The van der Waals surface area contributed by atoms with Crippen LogP contribution in [0.25, 0.3) is 6.08 Å². The number of aromatic nitrogens is 1. The molecule has 1 aromatic heterocycles. The van der Waals surface area contributed by atoms with Gasteiger partial charge in [-0.2, -0.15) is 0 Å². The number of piperidine rings is 1. The van der Waals surface area contributed by atoms with E-state index in [4.69, 9.17) is 0 Å². The molecule has 0 aliphatic carbocycles. The largest absolute Gasteiger partial charge is 0.371 e. The van der Waals surface area contributed by atoms with Crippen LogP contribution in [0.2, 0.25) is 0 Å². The molecule has 1 aromatic carbocycles. The zero-order valence-electron chi connectivity index (χ0n) is 17.6. The van der Waals surface area contributed by atoms with Crippen molar-refractivity contribution in [1.82, 2.24) is 9.88 Å². The molecule has 2 aromatic rings. The highest BCUT2D eigenvalue weighted by atomic mass is 32.2. The number of anilines is 1. The summed E-state index contributed by atoms with van der Waals surface area (Å²) in [5.41, 5.74) is 3.00. The number of benzene rings is 1. The van der Waals surface area contributed by atoms with Crippen molar-refractivity contribution in [3.8, 4) is 0 Å². The van der Waals surface area contributed by atoms with E-state index in [1.165, 1.54) is 0 Å². The van der Waals surface area contributed by atoms with E-state index in [9.17, 15) is 13.2 Å². The molecule has 1 fully saturated rings. The van der Waals surface area contributed by atoms with Gasteiger partial charge in [-0.1, -0.05) is 24.8 Å². The van der Waals surface area contributed by atoms with Crippen LogP contribution in [-0.4, -0.2) is 56.1 Å². The number of sulfone groups is 1.